The normalized spacial score (nSPS) is 22.9. The van der Waals surface area contributed by atoms with Gasteiger partial charge >= 0.3 is 0 Å². The van der Waals surface area contributed by atoms with Crippen LogP contribution in [0.25, 0.3) is 0 Å². The molecule has 3 nitrogen and oxygen atoms in total. The number of hydrogen-bond acceptors (Lipinski definition) is 3. The lowest BCUT2D eigenvalue weighted by Crippen LogP contribution is -2.36. The maximum Gasteiger partial charge on any atom is 0.145 e. The second-order valence-corrected chi connectivity index (χ2v) is 4.58. The quantitative estimate of drug-likeness (QED) is 0.889. The zero-order valence-corrected chi connectivity index (χ0v) is 10.4. The van der Waals surface area contributed by atoms with Crippen LogP contribution in [0.1, 0.15) is 30.4 Å². The molecular formula is C14H17FN2O. The van der Waals surface area contributed by atoms with E-state index in [2.05, 4.69) is 5.32 Å². The number of methoxy groups -OCH3 is 1. The Morgan fingerprint density at radius 3 is 3.06 bits per heavy atom. The van der Waals surface area contributed by atoms with Crippen molar-refractivity contribution in [3.63, 3.8) is 0 Å². The Balaban J connectivity index is 2.00. The SMILES string of the molecule is COC1CCCC1NCc1cccc(C#N)c1F. The van der Waals surface area contributed by atoms with Crippen molar-refractivity contribution >= 4 is 0 Å². The molecule has 0 heterocycles. The molecule has 96 valence electrons. The highest BCUT2D eigenvalue weighted by Crippen LogP contribution is 2.22. The average molecular weight is 248 g/mol. The second-order valence-electron chi connectivity index (χ2n) is 4.58. The fourth-order valence-corrected chi connectivity index (χ4v) is 2.49. The van der Waals surface area contributed by atoms with Gasteiger partial charge in [-0.1, -0.05) is 12.1 Å². The summed E-state index contributed by atoms with van der Waals surface area (Å²) in [4.78, 5) is 0. The van der Waals surface area contributed by atoms with Crippen LogP contribution in [0.5, 0.6) is 0 Å². The Morgan fingerprint density at radius 1 is 1.50 bits per heavy atom. The van der Waals surface area contributed by atoms with Crippen LogP contribution in [-0.2, 0) is 11.3 Å². The van der Waals surface area contributed by atoms with E-state index in [4.69, 9.17) is 10.00 Å². The third-order valence-electron chi connectivity index (χ3n) is 3.51. The van der Waals surface area contributed by atoms with Crippen LogP contribution in [0.2, 0.25) is 0 Å². The molecule has 1 saturated carbocycles. The fraction of sp³-hybridized carbons (Fsp3) is 0.500. The van der Waals surface area contributed by atoms with Crippen molar-refractivity contribution in [1.82, 2.24) is 5.32 Å². The average Bonchev–Trinajstić information content (AvgIpc) is 2.85. The molecule has 0 aromatic heterocycles. The highest BCUT2D eigenvalue weighted by atomic mass is 19.1. The Hall–Kier alpha value is -1.44. The third kappa shape index (κ3) is 2.69. The molecule has 18 heavy (non-hydrogen) atoms. The van der Waals surface area contributed by atoms with Gasteiger partial charge in [0.2, 0.25) is 0 Å². The number of hydrogen-bond donors (Lipinski definition) is 1. The summed E-state index contributed by atoms with van der Waals surface area (Å²) in [7, 11) is 1.71. The van der Waals surface area contributed by atoms with Crippen molar-refractivity contribution in [3.8, 4) is 6.07 Å². The Bertz CT molecular complexity index is 456. The molecule has 2 atom stereocenters. The first-order valence-electron chi connectivity index (χ1n) is 6.20. The molecule has 1 N–H and O–H groups in total. The van der Waals surface area contributed by atoms with Crippen LogP contribution in [0.3, 0.4) is 0 Å². The molecule has 1 fully saturated rings. The van der Waals surface area contributed by atoms with Gasteiger partial charge in [0.15, 0.2) is 0 Å². The zero-order valence-electron chi connectivity index (χ0n) is 10.4. The van der Waals surface area contributed by atoms with Crippen LogP contribution in [0.4, 0.5) is 4.39 Å². The third-order valence-corrected chi connectivity index (χ3v) is 3.51. The van der Waals surface area contributed by atoms with E-state index >= 15 is 0 Å². The smallest absolute Gasteiger partial charge is 0.145 e. The molecule has 0 amide bonds. The molecule has 0 radical (unpaired) electrons. The van der Waals surface area contributed by atoms with Crippen molar-refractivity contribution < 1.29 is 9.13 Å². The van der Waals surface area contributed by atoms with Crippen molar-refractivity contribution in [1.29, 1.82) is 5.26 Å². The van der Waals surface area contributed by atoms with Gasteiger partial charge in [-0.25, -0.2) is 4.39 Å². The number of rotatable bonds is 4. The Labute approximate surface area is 107 Å². The highest BCUT2D eigenvalue weighted by molar-refractivity contribution is 5.34. The van der Waals surface area contributed by atoms with E-state index in [1.54, 1.807) is 19.2 Å². The van der Waals surface area contributed by atoms with Gasteiger partial charge in [-0.05, 0) is 25.3 Å². The van der Waals surface area contributed by atoms with Crippen LogP contribution >= 0.6 is 0 Å². The summed E-state index contributed by atoms with van der Waals surface area (Å²) >= 11 is 0. The van der Waals surface area contributed by atoms with Gasteiger partial charge in [0, 0.05) is 25.3 Å². The molecule has 1 aliphatic rings. The minimum absolute atomic E-state index is 0.101. The summed E-state index contributed by atoms with van der Waals surface area (Å²) in [5, 5.41) is 12.1. The number of nitriles is 1. The largest absolute Gasteiger partial charge is 0.380 e. The van der Waals surface area contributed by atoms with Gasteiger partial charge in [0.1, 0.15) is 11.9 Å². The van der Waals surface area contributed by atoms with E-state index in [0.717, 1.165) is 19.3 Å². The van der Waals surface area contributed by atoms with E-state index in [-0.39, 0.29) is 17.7 Å². The van der Waals surface area contributed by atoms with Gasteiger partial charge in [-0.2, -0.15) is 5.26 Å². The van der Waals surface area contributed by atoms with Gasteiger partial charge in [0.05, 0.1) is 11.7 Å². The zero-order chi connectivity index (χ0) is 13.0. The first kappa shape index (κ1) is 13.0. The van der Waals surface area contributed by atoms with Gasteiger partial charge in [-0.3, -0.25) is 0 Å². The predicted molar refractivity (Wildman–Crippen MR) is 66.4 cm³/mol. The van der Waals surface area contributed by atoms with Crippen molar-refractivity contribution in [2.45, 2.75) is 38.0 Å². The molecule has 0 spiro atoms. The van der Waals surface area contributed by atoms with Crippen LogP contribution < -0.4 is 5.32 Å². The van der Waals surface area contributed by atoms with E-state index in [0.29, 0.717) is 12.1 Å². The number of nitrogens with zero attached hydrogens (tertiary/aromatic N) is 1. The Kier molecular flexibility index (Phi) is 4.29. The summed E-state index contributed by atoms with van der Waals surface area (Å²) in [6, 6.07) is 7.04. The van der Waals surface area contributed by atoms with E-state index in [1.807, 2.05) is 6.07 Å². The van der Waals surface area contributed by atoms with Gasteiger partial charge < -0.3 is 10.1 Å². The first-order valence-corrected chi connectivity index (χ1v) is 6.20. The molecule has 1 aromatic carbocycles. The molecule has 4 heteroatoms. The van der Waals surface area contributed by atoms with E-state index in [1.165, 1.54) is 6.07 Å². The maximum absolute atomic E-state index is 13.8. The second kappa shape index (κ2) is 5.94. The molecule has 0 saturated heterocycles. The monoisotopic (exact) mass is 248 g/mol. The first-order chi connectivity index (χ1) is 8.76. The van der Waals surface area contributed by atoms with Gasteiger partial charge in [0.25, 0.3) is 0 Å². The maximum atomic E-state index is 13.8. The predicted octanol–water partition coefficient (Wildman–Crippen LogP) is 2.35. The highest BCUT2D eigenvalue weighted by Gasteiger charge is 2.26. The minimum atomic E-state index is -0.417. The number of nitrogens with one attached hydrogen (secondary N) is 1. The molecule has 0 bridgehead atoms. The number of halogens is 1. The summed E-state index contributed by atoms with van der Waals surface area (Å²) in [5.41, 5.74) is 0.639. The lowest BCUT2D eigenvalue weighted by Gasteiger charge is -2.19. The summed E-state index contributed by atoms with van der Waals surface area (Å²) in [5.74, 6) is -0.417. The Morgan fingerprint density at radius 2 is 2.33 bits per heavy atom. The van der Waals surface area contributed by atoms with Crippen LogP contribution in [-0.4, -0.2) is 19.3 Å². The molecule has 1 aliphatic carbocycles. The fourth-order valence-electron chi connectivity index (χ4n) is 2.49. The summed E-state index contributed by atoms with van der Waals surface area (Å²) in [6.07, 6.45) is 3.45. The van der Waals surface area contributed by atoms with Crippen molar-refractivity contribution in [3.05, 3.63) is 35.1 Å². The van der Waals surface area contributed by atoms with Crippen LogP contribution in [0.15, 0.2) is 18.2 Å². The summed E-state index contributed by atoms with van der Waals surface area (Å²) in [6.45, 7) is 0.436. The number of benzene rings is 1. The molecule has 0 aliphatic heterocycles. The standard InChI is InChI=1S/C14H17FN2O/c1-18-13-7-3-6-12(13)17-9-11-5-2-4-10(8-16)14(11)15/h2,4-5,12-13,17H,3,6-7,9H2,1H3. The molecule has 1 aromatic rings. The molecule has 2 unspecified atom stereocenters. The van der Waals surface area contributed by atoms with E-state index < -0.39 is 5.82 Å². The molecule has 2 rings (SSSR count). The lowest BCUT2D eigenvalue weighted by atomic mass is 10.1. The van der Waals surface area contributed by atoms with Crippen molar-refractivity contribution in [2.24, 2.45) is 0 Å². The summed E-state index contributed by atoms with van der Waals surface area (Å²) < 4.78 is 19.2. The number of ether oxygens (including phenoxy) is 1. The molecular weight excluding hydrogens is 231 g/mol. The van der Waals surface area contributed by atoms with E-state index in [9.17, 15) is 4.39 Å². The minimum Gasteiger partial charge on any atom is -0.380 e. The lowest BCUT2D eigenvalue weighted by molar-refractivity contribution is 0.0846. The van der Waals surface area contributed by atoms with Crippen molar-refractivity contribution in [2.75, 3.05) is 7.11 Å². The topological polar surface area (TPSA) is 45.0 Å². The van der Waals surface area contributed by atoms with Gasteiger partial charge in [-0.15, -0.1) is 0 Å². The van der Waals surface area contributed by atoms with Crippen LogP contribution in [0, 0.1) is 17.1 Å².